The van der Waals surface area contributed by atoms with Gasteiger partial charge < -0.3 is 0 Å². The zero-order chi connectivity index (χ0) is 12.1. The summed E-state index contributed by atoms with van der Waals surface area (Å²) in [6.45, 7) is 4.93. The molecule has 0 heterocycles. The quantitative estimate of drug-likeness (QED) is 0.699. The van der Waals surface area contributed by atoms with E-state index in [4.69, 9.17) is 0 Å². The van der Waals surface area contributed by atoms with E-state index in [1.165, 1.54) is 16.7 Å². The second kappa shape index (κ2) is 5.44. The molecule has 0 saturated heterocycles. The van der Waals surface area contributed by atoms with E-state index in [2.05, 4.69) is 67.4 Å². The molecule has 0 bridgehead atoms. The lowest BCUT2D eigenvalue weighted by Gasteiger charge is -1.98. The van der Waals surface area contributed by atoms with Gasteiger partial charge in [0.25, 0.3) is 0 Å². The minimum atomic E-state index is 0.744. The van der Waals surface area contributed by atoms with Gasteiger partial charge in [0, 0.05) is 6.21 Å². The van der Waals surface area contributed by atoms with Crippen LogP contribution in [0.1, 0.15) is 22.3 Å². The smallest absolute Gasteiger partial charge is 0.0639 e. The van der Waals surface area contributed by atoms with Gasteiger partial charge in [-0.05, 0) is 25.0 Å². The Kier molecular flexibility index (Phi) is 3.71. The van der Waals surface area contributed by atoms with Crippen molar-refractivity contribution in [2.45, 2.75) is 20.4 Å². The highest BCUT2D eigenvalue weighted by atomic mass is 14.7. The molecule has 0 spiro atoms. The summed E-state index contributed by atoms with van der Waals surface area (Å²) in [4.78, 5) is 4.45. The lowest BCUT2D eigenvalue weighted by Crippen LogP contribution is -1.85. The Balaban J connectivity index is 1.97. The third-order valence-electron chi connectivity index (χ3n) is 2.71. The van der Waals surface area contributed by atoms with Gasteiger partial charge in [-0.3, -0.25) is 4.99 Å². The highest BCUT2D eigenvalue weighted by Gasteiger charge is 1.90. The monoisotopic (exact) mass is 223 g/mol. The molecule has 0 aromatic heterocycles. The second-order valence-corrected chi connectivity index (χ2v) is 4.37. The first kappa shape index (κ1) is 11.6. The average Bonchev–Trinajstić information content (AvgIpc) is 2.34. The second-order valence-electron chi connectivity index (χ2n) is 4.37. The van der Waals surface area contributed by atoms with Gasteiger partial charge in [-0.1, -0.05) is 59.7 Å². The summed E-state index contributed by atoms with van der Waals surface area (Å²) in [7, 11) is 0. The number of benzene rings is 2. The van der Waals surface area contributed by atoms with Gasteiger partial charge in [0.1, 0.15) is 0 Å². The van der Waals surface area contributed by atoms with Gasteiger partial charge in [0.05, 0.1) is 6.54 Å². The first-order chi connectivity index (χ1) is 8.24. The molecular weight excluding hydrogens is 206 g/mol. The molecule has 86 valence electrons. The topological polar surface area (TPSA) is 12.4 Å². The maximum Gasteiger partial charge on any atom is 0.0639 e. The molecule has 0 unspecified atom stereocenters. The molecule has 0 radical (unpaired) electrons. The van der Waals surface area contributed by atoms with Crippen molar-refractivity contribution in [2.24, 2.45) is 4.99 Å². The van der Waals surface area contributed by atoms with Crippen molar-refractivity contribution in [2.75, 3.05) is 0 Å². The summed E-state index contributed by atoms with van der Waals surface area (Å²) in [5.74, 6) is 0. The van der Waals surface area contributed by atoms with Crippen LogP contribution in [0.25, 0.3) is 0 Å². The zero-order valence-corrected chi connectivity index (χ0v) is 10.4. The first-order valence-electron chi connectivity index (χ1n) is 5.86. The van der Waals surface area contributed by atoms with Crippen molar-refractivity contribution < 1.29 is 0 Å². The third-order valence-corrected chi connectivity index (χ3v) is 2.71. The Bertz CT molecular complexity index is 492. The Labute approximate surface area is 103 Å². The molecule has 2 aromatic rings. The fraction of sp³-hybridized carbons (Fsp3) is 0.188. The van der Waals surface area contributed by atoms with E-state index in [9.17, 15) is 0 Å². The van der Waals surface area contributed by atoms with E-state index in [-0.39, 0.29) is 0 Å². The van der Waals surface area contributed by atoms with Gasteiger partial charge in [0.15, 0.2) is 0 Å². The highest BCUT2D eigenvalue weighted by Crippen LogP contribution is 2.05. The minimum absolute atomic E-state index is 0.744. The van der Waals surface area contributed by atoms with Gasteiger partial charge in [0.2, 0.25) is 0 Å². The minimum Gasteiger partial charge on any atom is -0.288 e. The molecule has 0 saturated carbocycles. The molecular formula is C16H17N. The Hall–Kier alpha value is -1.89. The van der Waals surface area contributed by atoms with Gasteiger partial charge in [-0.2, -0.15) is 0 Å². The first-order valence-corrected chi connectivity index (χ1v) is 5.86. The van der Waals surface area contributed by atoms with Crippen LogP contribution in [0.15, 0.2) is 53.5 Å². The van der Waals surface area contributed by atoms with Crippen molar-refractivity contribution in [3.63, 3.8) is 0 Å². The maximum atomic E-state index is 4.45. The zero-order valence-electron chi connectivity index (χ0n) is 10.4. The normalized spacial score (nSPS) is 10.9. The highest BCUT2D eigenvalue weighted by molar-refractivity contribution is 5.79. The molecule has 2 rings (SSSR count). The summed E-state index contributed by atoms with van der Waals surface area (Å²) in [5, 5.41) is 0. The van der Waals surface area contributed by atoms with Crippen LogP contribution in [0, 0.1) is 13.8 Å². The number of nitrogens with zero attached hydrogens (tertiary/aromatic N) is 1. The van der Waals surface area contributed by atoms with Crippen LogP contribution in [0.3, 0.4) is 0 Å². The van der Waals surface area contributed by atoms with Crippen molar-refractivity contribution in [3.05, 3.63) is 70.8 Å². The van der Waals surface area contributed by atoms with E-state index < -0.39 is 0 Å². The predicted molar refractivity (Wildman–Crippen MR) is 73.7 cm³/mol. The fourth-order valence-corrected chi connectivity index (χ4v) is 1.60. The molecule has 0 aliphatic heterocycles. The van der Waals surface area contributed by atoms with E-state index in [0.717, 1.165) is 12.1 Å². The van der Waals surface area contributed by atoms with Crippen molar-refractivity contribution in [1.82, 2.24) is 0 Å². The molecule has 0 aliphatic rings. The van der Waals surface area contributed by atoms with E-state index in [1.807, 2.05) is 6.21 Å². The molecule has 0 amide bonds. The molecule has 0 N–H and O–H groups in total. The average molecular weight is 223 g/mol. The fourth-order valence-electron chi connectivity index (χ4n) is 1.60. The summed E-state index contributed by atoms with van der Waals surface area (Å²) in [5.41, 5.74) is 4.97. The lowest BCUT2D eigenvalue weighted by molar-refractivity contribution is 1.07. The van der Waals surface area contributed by atoms with Gasteiger partial charge in [-0.25, -0.2) is 0 Å². The molecule has 17 heavy (non-hydrogen) atoms. The van der Waals surface area contributed by atoms with Crippen molar-refractivity contribution in [3.8, 4) is 0 Å². The summed E-state index contributed by atoms with van der Waals surface area (Å²) < 4.78 is 0. The van der Waals surface area contributed by atoms with Gasteiger partial charge >= 0.3 is 0 Å². The van der Waals surface area contributed by atoms with Crippen LogP contribution in [-0.4, -0.2) is 6.21 Å². The molecule has 2 aromatic carbocycles. The van der Waals surface area contributed by atoms with E-state index in [1.54, 1.807) is 0 Å². The number of hydrogen-bond donors (Lipinski definition) is 0. The summed E-state index contributed by atoms with van der Waals surface area (Å²) in [6, 6.07) is 16.9. The van der Waals surface area contributed by atoms with Crippen LogP contribution >= 0.6 is 0 Å². The lowest BCUT2D eigenvalue weighted by atomic mass is 10.1. The Morgan fingerprint density at radius 2 is 1.35 bits per heavy atom. The summed E-state index contributed by atoms with van der Waals surface area (Å²) in [6.07, 6.45) is 1.93. The number of aliphatic imine (C=N–C) groups is 1. The molecule has 0 aliphatic carbocycles. The number of rotatable bonds is 3. The van der Waals surface area contributed by atoms with E-state index >= 15 is 0 Å². The van der Waals surface area contributed by atoms with Crippen LogP contribution in [0.5, 0.6) is 0 Å². The molecule has 0 atom stereocenters. The molecule has 1 heteroatoms. The SMILES string of the molecule is Cc1ccc(C=NCc2ccc(C)cc2)cc1. The van der Waals surface area contributed by atoms with E-state index in [0.29, 0.717) is 0 Å². The Morgan fingerprint density at radius 1 is 0.824 bits per heavy atom. The summed E-state index contributed by atoms with van der Waals surface area (Å²) >= 11 is 0. The van der Waals surface area contributed by atoms with Crippen molar-refractivity contribution in [1.29, 1.82) is 0 Å². The van der Waals surface area contributed by atoms with Crippen LogP contribution in [-0.2, 0) is 6.54 Å². The van der Waals surface area contributed by atoms with Crippen molar-refractivity contribution >= 4 is 6.21 Å². The van der Waals surface area contributed by atoms with Crippen LogP contribution < -0.4 is 0 Å². The van der Waals surface area contributed by atoms with Crippen LogP contribution in [0.4, 0.5) is 0 Å². The number of hydrogen-bond acceptors (Lipinski definition) is 1. The standard InChI is InChI=1S/C16H17N/c1-13-3-7-15(8-4-13)11-17-12-16-9-5-14(2)6-10-16/h3-11H,12H2,1-2H3. The largest absolute Gasteiger partial charge is 0.288 e. The maximum absolute atomic E-state index is 4.45. The number of aryl methyl sites for hydroxylation is 2. The van der Waals surface area contributed by atoms with Crippen LogP contribution in [0.2, 0.25) is 0 Å². The third kappa shape index (κ3) is 3.56. The molecule has 0 fully saturated rings. The van der Waals surface area contributed by atoms with Gasteiger partial charge in [-0.15, -0.1) is 0 Å². The predicted octanol–water partition coefficient (Wildman–Crippen LogP) is 3.92. The Morgan fingerprint density at radius 3 is 1.94 bits per heavy atom. The molecule has 1 nitrogen and oxygen atoms in total.